The quantitative estimate of drug-likeness (QED) is 0.683. The summed E-state index contributed by atoms with van der Waals surface area (Å²) >= 11 is 0. The van der Waals surface area contributed by atoms with Crippen molar-refractivity contribution < 1.29 is 17.9 Å². The van der Waals surface area contributed by atoms with Crippen LogP contribution >= 0.6 is 0 Å². The first-order valence-corrected chi connectivity index (χ1v) is 11.8. The van der Waals surface area contributed by atoms with Crippen LogP contribution in [0, 0.1) is 20.8 Å². The molecule has 0 saturated carbocycles. The minimum absolute atomic E-state index is 0.0167. The number of hydrogen-bond donors (Lipinski definition) is 1. The number of anilines is 1. The molecule has 0 unspecified atom stereocenters. The molecule has 1 atom stereocenters. The number of aryl methyl sites for hydroxylation is 3. The van der Waals surface area contributed by atoms with Crippen molar-refractivity contribution in [3.8, 4) is 5.75 Å². The third-order valence-electron chi connectivity index (χ3n) is 4.91. The van der Waals surface area contributed by atoms with Crippen LogP contribution in [0.3, 0.4) is 0 Å². The molecule has 6 nitrogen and oxygen atoms in total. The number of ether oxygens (including phenoxy) is 1. The molecule has 0 radical (unpaired) electrons. The van der Waals surface area contributed by atoms with Crippen molar-refractivity contribution in [2.75, 3.05) is 17.1 Å². The van der Waals surface area contributed by atoms with Crippen LogP contribution in [0.15, 0.2) is 36.4 Å². The van der Waals surface area contributed by atoms with Gasteiger partial charge in [0.05, 0.1) is 24.1 Å². The highest BCUT2D eigenvalue weighted by Gasteiger charge is 2.22. The maximum Gasteiger partial charge on any atom is 0.241 e. The molecule has 0 bridgehead atoms. The number of amides is 1. The zero-order valence-corrected chi connectivity index (χ0v) is 19.6. The maximum absolute atomic E-state index is 12.7. The zero-order chi connectivity index (χ0) is 22.6. The topological polar surface area (TPSA) is 75.7 Å². The SMILES string of the molecule is Cc1cc(C)c([C@@H](C)NC(=O)CN(c2ccc(OC(C)C)cc2)S(C)(=O)=O)cc1C. The fourth-order valence-corrected chi connectivity index (χ4v) is 4.16. The van der Waals surface area contributed by atoms with Gasteiger partial charge in [0.2, 0.25) is 15.9 Å². The lowest BCUT2D eigenvalue weighted by atomic mass is 9.96. The normalized spacial score (nSPS) is 12.5. The third-order valence-corrected chi connectivity index (χ3v) is 6.05. The predicted octanol–water partition coefficient (Wildman–Crippen LogP) is 4.04. The molecule has 1 N–H and O–H groups in total. The van der Waals surface area contributed by atoms with Gasteiger partial charge >= 0.3 is 0 Å². The largest absolute Gasteiger partial charge is 0.491 e. The van der Waals surface area contributed by atoms with Gasteiger partial charge < -0.3 is 10.1 Å². The van der Waals surface area contributed by atoms with Crippen molar-refractivity contribution >= 4 is 21.6 Å². The average molecular weight is 433 g/mol. The molecule has 2 rings (SSSR count). The van der Waals surface area contributed by atoms with Crippen LogP contribution in [0.4, 0.5) is 5.69 Å². The van der Waals surface area contributed by atoms with Crippen molar-refractivity contribution in [1.82, 2.24) is 5.32 Å². The minimum atomic E-state index is -3.64. The van der Waals surface area contributed by atoms with E-state index in [-0.39, 0.29) is 24.6 Å². The van der Waals surface area contributed by atoms with E-state index in [1.807, 2.05) is 34.6 Å². The molecule has 30 heavy (non-hydrogen) atoms. The molecule has 1 amide bonds. The highest BCUT2D eigenvalue weighted by Crippen LogP contribution is 2.24. The van der Waals surface area contributed by atoms with Gasteiger partial charge in [0, 0.05) is 0 Å². The molecule has 0 aliphatic carbocycles. The lowest BCUT2D eigenvalue weighted by Gasteiger charge is -2.24. The Bertz CT molecular complexity index is 999. The highest BCUT2D eigenvalue weighted by atomic mass is 32.2. The lowest BCUT2D eigenvalue weighted by Crippen LogP contribution is -2.41. The van der Waals surface area contributed by atoms with Gasteiger partial charge in [0.1, 0.15) is 12.3 Å². The second-order valence-electron chi connectivity index (χ2n) is 8.01. The predicted molar refractivity (Wildman–Crippen MR) is 122 cm³/mol. The molecular weight excluding hydrogens is 400 g/mol. The summed E-state index contributed by atoms with van der Waals surface area (Å²) < 4.78 is 31.4. The molecule has 7 heteroatoms. The van der Waals surface area contributed by atoms with Crippen molar-refractivity contribution in [2.45, 2.75) is 53.7 Å². The molecule has 0 heterocycles. The van der Waals surface area contributed by atoms with Crippen molar-refractivity contribution in [1.29, 1.82) is 0 Å². The number of hydrogen-bond acceptors (Lipinski definition) is 4. The number of benzene rings is 2. The first kappa shape index (κ1) is 23.7. The Balaban J connectivity index is 2.17. The molecule has 164 valence electrons. The molecule has 0 spiro atoms. The van der Waals surface area contributed by atoms with Gasteiger partial charge in [-0.2, -0.15) is 0 Å². The fourth-order valence-electron chi connectivity index (χ4n) is 3.31. The maximum atomic E-state index is 12.7. The second kappa shape index (κ2) is 9.51. The Kier molecular flexibility index (Phi) is 7.53. The van der Waals surface area contributed by atoms with Crippen molar-refractivity contribution in [3.05, 3.63) is 58.7 Å². The average Bonchev–Trinajstić information content (AvgIpc) is 2.62. The van der Waals surface area contributed by atoms with Crippen LogP contribution in [0.1, 0.15) is 49.1 Å². The molecule has 2 aromatic carbocycles. The second-order valence-corrected chi connectivity index (χ2v) is 9.92. The summed E-state index contributed by atoms with van der Waals surface area (Å²) in [6.45, 7) is 11.5. The minimum Gasteiger partial charge on any atom is -0.491 e. The van der Waals surface area contributed by atoms with Gasteiger partial charge in [-0.15, -0.1) is 0 Å². The zero-order valence-electron chi connectivity index (χ0n) is 18.8. The van der Waals surface area contributed by atoms with E-state index < -0.39 is 10.0 Å². The van der Waals surface area contributed by atoms with Gasteiger partial charge in [0.15, 0.2) is 0 Å². The first-order valence-electron chi connectivity index (χ1n) is 10.00. The molecular formula is C23H32N2O4S. The summed E-state index contributed by atoms with van der Waals surface area (Å²) in [6.07, 6.45) is 1.11. The Morgan fingerprint density at radius 2 is 1.57 bits per heavy atom. The third kappa shape index (κ3) is 6.23. The van der Waals surface area contributed by atoms with E-state index in [2.05, 4.69) is 24.4 Å². The number of carbonyl (C=O) groups is 1. The molecule has 0 saturated heterocycles. The van der Waals surface area contributed by atoms with Gasteiger partial charge in [0.25, 0.3) is 0 Å². The standard InChI is InChI=1S/C23H32N2O4S/c1-15(2)29-21-10-8-20(9-11-21)25(30(7,27)28)14-23(26)24-19(6)22-13-17(4)16(3)12-18(22)5/h8-13,15,19H,14H2,1-7H3,(H,24,26)/t19-/m1/s1. The molecule has 0 aliphatic heterocycles. The number of rotatable bonds is 8. The summed E-state index contributed by atoms with van der Waals surface area (Å²) in [5, 5.41) is 2.92. The highest BCUT2D eigenvalue weighted by molar-refractivity contribution is 7.92. The Morgan fingerprint density at radius 1 is 1.00 bits per heavy atom. The molecule has 0 fully saturated rings. The van der Waals surface area contributed by atoms with E-state index in [1.54, 1.807) is 24.3 Å². The Morgan fingerprint density at radius 3 is 2.10 bits per heavy atom. The Labute approximate surface area is 180 Å². The van der Waals surface area contributed by atoms with Gasteiger partial charge in [-0.3, -0.25) is 9.10 Å². The molecule has 2 aromatic rings. The number of sulfonamides is 1. The summed E-state index contributed by atoms with van der Waals surface area (Å²) in [7, 11) is -3.64. The van der Waals surface area contributed by atoms with Gasteiger partial charge in [-0.1, -0.05) is 12.1 Å². The van der Waals surface area contributed by atoms with E-state index in [0.29, 0.717) is 11.4 Å². The lowest BCUT2D eigenvalue weighted by molar-refractivity contribution is -0.120. The molecule has 0 aromatic heterocycles. The smallest absolute Gasteiger partial charge is 0.241 e. The number of nitrogens with zero attached hydrogens (tertiary/aromatic N) is 1. The Hall–Kier alpha value is -2.54. The molecule has 0 aliphatic rings. The van der Waals surface area contributed by atoms with Crippen LogP contribution in [0.5, 0.6) is 5.75 Å². The van der Waals surface area contributed by atoms with Crippen molar-refractivity contribution in [2.24, 2.45) is 0 Å². The summed E-state index contributed by atoms with van der Waals surface area (Å²) in [5.74, 6) is 0.276. The monoisotopic (exact) mass is 432 g/mol. The van der Waals surface area contributed by atoms with Crippen LogP contribution < -0.4 is 14.4 Å². The van der Waals surface area contributed by atoms with E-state index in [4.69, 9.17) is 4.74 Å². The number of nitrogens with one attached hydrogen (secondary N) is 1. The fraction of sp³-hybridized carbons (Fsp3) is 0.435. The van der Waals surface area contributed by atoms with E-state index >= 15 is 0 Å². The van der Waals surface area contributed by atoms with E-state index in [0.717, 1.165) is 27.3 Å². The summed E-state index contributed by atoms with van der Waals surface area (Å²) in [6, 6.07) is 10.6. The van der Waals surface area contributed by atoms with E-state index in [1.165, 1.54) is 5.56 Å². The van der Waals surface area contributed by atoms with Gasteiger partial charge in [-0.05, 0) is 88.1 Å². The van der Waals surface area contributed by atoms with E-state index in [9.17, 15) is 13.2 Å². The van der Waals surface area contributed by atoms with Crippen LogP contribution in [-0.4, -0.2) is 33.2 Å². The number of carbonyl (C=O) groups excluding carboxylic acids is 1. The van der Waals surface area contributed by atoms with Crippen LogP contribution in [-0.2, 0) is 14.8 Å². The van der Waals surface area contributed by atoms with Crippen LogP contribution in [0.25, 0.3) is 0 Å². The summed E-state index contributed by atoms with van der Waals surface area (Å²) in [5.41, 5.74) is 4.87. The van der Waals surface area contributed by atoms with Crippen molar-refractivity contribution in [3.63, 3.8) is 0 Å². The first-order chi connectivity index (χ1) is 13.9. The van der Waals surface area contributed by atoms with Crippen LogP contribution in [0.2, 0.25) is 0 Å². The van der Waals surface area contributed by atoms with Gasteiger partial charge in [-0.25, -0.2) is 8.42 Å². The summed E-state index contributed by atoms with van der Waals surface area (Å²) in [4.78, 5) is 12.7.